The SMILES string of the molecule is C=C(CN1Cc2c(ccc3ccc(-c4cccc(NC(=O)C5CCN(C(=O)OC(C)(C)C)CC5)c4)cc23)C1=O)C(N)=O. The number of nitrogens with one attached hydrogen (secondary N) is 1. The Bertz CT molecular complexity index is 1600. The Labute approximate surface area is 245 Å². The van der Waals surface area contributed by atoms with E-state index < -0.39 is 11.5 Å². The highest BCUT2D eigenvalue weighted by molar-refractivity contribution is 6.06. The third kappa shape index (κ3) is 6.15. The Kier molecular flexibility index (Phi) is 7.77. The summed E-state index contributed by atoms with van der Waals surface area (Å²) in [5, 5.41) is 5.01. The van der Waals surface area contributed by atoms with Gasteiger partial charge in [0.15, 0.2) is 0 Å². The fourth-order valence-electron chi connectivity index (χ4n) is 5.47. The van der Waals surface area contributed by atoms with Gasteiger partial charge in [-0.05, 0) is 85.3 Å². The normalized spacial score (nSPS) is 15.5. The van der Waals surface area contributed by atoms with E-state index in [2.05, 4.69) is 18.0 Å². The predicted octanol–water partition coefficient (Wildman–Crippen LogP) is 5.09. The summed E-state index contributed by atoms with van der Waals surface area (Å²) in [5.74, 6) is -1.03. The van der Waals surface area contributed by atoms with Crippen LogP contribution < -0.4 is 11.1 Å². The van der Waals surface area contributed by atoms with Crippen LogP contribution in [-0.4, -0.2) is 58.8 Å². The number of piperidine rings is 1. The van der Waals surface area contributed by atoms with E-state index in [0.29, 0.717) is 43.7 Å². The Hall–Kier alpha value is -4.66. The second-order valence-electron chi connectivity index (χ2n) is 12.0. The molecule has 3 N–H and O–H groups in total. The molecule has 0 unspecified atom stereocenters. The van der Waals surface area contributed by atoms with Crippen LogP contribution in [0.25, 0.3) is 21.9 Å². The standard InChI is InChI=1S/C33H36N4O5/c1-20(29(34)38)18-37-19-28-26(31(37)40)11-10-21-8-9-24(17-27(21)28)23-6-5-7-25(16-23)35-30(39)22-12-14-36(15-13-22)32(41)42-33(2,3)4/h5-11,16-17,22H,1,12-15,18-19H2,2-4H3,(H2,34,38)(H,35,39). The molecule has 0 spiro atoms. The van der Waals surface area contributed by atoms with Crippen LogP contribution in [0.1, 0.15) is 49.5 Å². The first-order chi connectivity index (χ1) is 19.9. The highest BCUT2D eigenvalue weighted by atomic mass is 16.6. The highest BCUT2D eigenvalue weighted by Gasteiger charge is 2.31. The summed E-state index contributed by atoms with van der Waals surface area (Å²) >= 11 is 0. The van der Waals surface area contributed by atoms with Crippen molar-refractivity contribution in [1.29, 1.82) is 0 Å². The van der Waals surface area contributed by atoms with E-state index in [1.165, 1.54) is 0 Å². The molecule has 42 heavy (non-hydrogen) atoms. The summed E-state index contributed by atoms with van der Waals surface area (Å²) in [6, 6.07) is 17.5. The second-order valence-corrected chi connectivity index (χ2v) is 12.0. The fraction of sp³-hybridized carbons (Fsp3) is 0.333. The first kappa shape index (κ1) is 28.9. The minimum Gasteiger partial charge on any atom is -0.444 e. The molecule has 2 aliphatic rings. The molecule has 3 aromatic rings. The maximum absolute atomic E-state index is 13.1. The van der Waals surface area contributed by atoms with Gasteiger partial charge in [0.2, 0.25) is 11.8 Å². The number of primary amides is 1. The van der Waals surface area contributed by atoms with Crippen LogP contribution >= 0.6 is 0 Å². The number of nitrogens with two attached hydrogens (primary N) is 1. The van der Waals surface area contributed by atoms with Crippen LogP contribution in [0, 0.1) is 5.92 Å². The molecule has 0 atom stereocenters. The van der Waals surface area contributed by atoms with Gasteiger partial charge < -0.3 is 25.6 Å². The van der Waals surface area contributed by atoms with E-state index in [4.69, 9.17) is 10.5 Å². The van der Waals surface area contributed by atoms with Crippen molar-refractivity contribution in [2.45, 2.75) is 45.8 Å². The Morgan fingerprint density at radius 1 is 1.02 bits per heavy atom. The van der Waals surface area contributed by atoms with Gasteiger partial charge in [-0.3, -0.25) is 14.4 Å². The number of nitrogens with zero attached hydrogens (tertiary/aromatic N) is 2. The lowest BCUT2D eigenvalue weighted by molar-refractivity contribution is -0.121. The Morgan fingerprint density at radius 2 is 1.71 bits per heavy atom. The molecule has 4 amide bonds. The largest absolute Gasteiger partial charge is 0.444 e. The summed E-state index contributed by atoms with van der Waals surface area (Å²) in [6.07, 6.45) is 0.801. The molecule has 1 fully saturated rings. The molecule has 5 rings (SSSR count). The molecule has 218 valence electrons. The van der Waals surface area contributed by atoms with E-state index in [0.717, 1.165) is 27.5 Å². The van der Waals surface area contributed by atoms with Crippen molar-refractivity contribution in [2.75, 3.05) is 25.0 Å². The lowest BCUT2D eigenvalue weighted by Crippen LogP contribution is -2.43. The monoisotopic (exact) mass is 568 g/mol. The molecule has 2 aliphatic heterocycles. The van der Waals surface area contributed by atoms with Crippen LogP contribution in [-0.2, 0) is 20.9 Å². The maximum Gasteiger partial charge on any atom is 0.410 e. The van der Waals surface area contributed by atoms with Crippen molar-refractivity contribution in [2.24, 2.45) is 11.7 Å². The van der Waals surface area contributed by atoms with Crippen LogP contribution in [0.2, 0.25) is 0 Å². The number of ether oxygens (including phenoxy) is 1. The molecule has 9 heteroatoms. The van der Waals surface area contributed by atoms with E-state index >= 15 is 0 Å². The zero-order valence-corrected chi connectivity index (χ0v) is 24.2. The summed E-state index contributed by atoms with van der Waals surface area (Å²) in [5.41, 5.74) is 9.05. The fourth-order valence-corrected chi connectivity index (χ4v) is 5.47. The predicted molar refractivity (Wildman–Crippen MR) is 162 cm³/mol. The number of carbonyl (C=O) groups excluding carboxylic acids is 4. The van der Waals surface area contributed by atoms with Gasteiger partial charge >= 0.3 is 6.09 Å². The van der Waals surface area contributed by atoms with Crippen molar-refractivity contribution in [3.8, 4) is 11.1 Å². The third-order valence-electron chi connectivity index (χ3n) is 7.71. The minimum atomic E-state index is -0.621. The van der Waals surface area contributed by atoms with E-state index in [9.17, 15) is 19.2 Å². The third-order valence-corrected chi connectivity index (χ3v) is 7.71. The van der Waals surface area contributed by atoms with Gasteiger partial charge in [0, 0.05) is 42.4 Å². The number of benzene rings is 3. The molecule has 0 radical (unpaired) electrons. The molecular weight excluding hydrogens is 532 g/mol. The maximum atomic E-state index is 13.1. The van der Waals surface area contributed by atoms with Gasteiger partial charge in [0.1, 0.15) is 5.60 Å². The topological polar surface area (TPSA) is 122 Å². The Morgan fingerprint density at radius 3 is 2.40 bits per heavy atom. The highest BCUT2D eigenvalue weighted by Crippen LogP contribution is 2.34. The first-order valence-corrected chi connectivity index (χ1v) is 14.1. The van der Waals surface area contributed by atoms with Crippen LogP contribution in [0.3, 0.4) is 0 Å². The minimum absolute atomic E-state index is 0.0662. The number of fused-ring (bicyclic) bond motifs is 3. The number of likely N-dealkylation sites (tertiary alicyclic amines) is 1. The van der Waals surface area contributed by atoms with Gasteiger partial charge in [0.25, 0.3) is 5.91 Å². The Balaban J connectivity index is 1.29. The van der Waals surface area contributed by atoms with E-state index in [1.54, 1.807) is 9.80 Å². The summed E-state index contributed by atoms with van der Waals surface area (Å²) in [4.78, 5) is 53.2. The zero-order chi connectivity index (χ0) is 30.2. The van der Waals surface area contributed by atoms with Gasteiger partial charge in [-0.15, -0.1) is 0 Å². The van der Waals surface area contributed by atoms with E-state index in [1.807, 2.05) is 69.3 Å². The number of amides is 4. The molecule has 3 aromatic carbocycles. The molecule has 0 bridgehead atoms. The first-order valence-electron chi connectivity index (χ1n) is 14.1. The van der Waals surface area contributed by atoms with Crippen LogP contribution in [0.4, 0.5) is 10.5 Å². The molecule has 0 aromatic heterocycles. The van der Waals surface area contributed by atoms with Crippen LogP contribution in [0.5, 0.6) is 0 Å². The number of carbonyl (C=O) groups is 4. The molecule has 2 heterocycles. The number of rotatable bonds is 6. The summed E-state index contributed by atoms with van der Waals surface area (Å²) in [6.45, 7) is 10.6. The van der Waals surface area contributed by atoms with E-state index in [-0.39, 0.29) is 35.9 Å². The zero-order valence-electron chi connectivity index (χ0n) is 24.2. The lowest BCUT2D eigenvalue weighted by Gasteiger charge is -2.32. The van der Waals surface area contributed by atoms with Crippen molar-refractivity contribution >= 4 is 40.3 Å². The van der Waals surface area contributed by atoms with Gasteiger partial charge in [-0.1, -0.05) is 36.9 Å². The van der Waals surface area contributed by atoms with Gasteiger partial charge in [-0.2, -0.15) is 0 Å². The number of hydrogen-bond donors (Lipinski definition) is 2. The molecule has 0 saturated carbocycles. The van der Waals surface area contributed by atoms with Crippen molar-refractivity contribution in [3.63, 3.8) is 0 Å². The molecule has 1 saturated heterocycles. The average molecular weight is 569 g/mol. The summed E-state index contributed by atoms with van der Waals surface area (Å²) < 4.78 is 5.46. The molecular formula is C33H36N4O5. The molecule has 9 nitrogen and oxygen atoms in total. The number of anilines is 1. The smallest absolute Gasteiger partial charge is 0.410 e. The number of hydrogen-bond acceptors (Lipinski definition) is 5. The lowest BCUT2D eigenvalue weighted by atomic mass is 9.95. The van der Waals surface area contributed by atoms with Crippen LogP contribution in [0.15, 0.2) is 66.7 Å². The van der Waals surface area contributed by atoms with Crippen molar-refractivity contribution in [3.05, 3.63) is 77.9 Å². The summed E-state index contributed by atoms with van der Waals surface area (Å²) in [7, 11) is 0. The average Bonchev–Trinajstić information content (AvgIpc) is 3.27. The van der Waals surface area contributed by atoms with Crippen molar-refractivity contribution in [1.82, 2.24) is 9.80 Å². The second kappa shape index (κ2) is 11.3. The van der Waals surface area contributed by atoms with Gasteiger partial charge in [0.05, 0.1) is 6.54 Å². The quantitative estimate of drug-likeness (QED) is 0.401. The van der Waals surface area contributed by atoms with Crippen molar-refractivity contribution < 1.29 is 23.9 Å². The van der Waals surface area contributed by atoms with Gasteiger partial charge in [-0.25, -0.2) is 4.79 Å². The molecule has 0 aliphatic carbocycles.